The standard InChI is InChI=1S/C18H19NO/c1-20-17-13-11-15(12-14-17)7-3-2-4-8-16-9-5-6-10-18(16)19/h3-14H,2,19H2,1H3/b7-3+,8-4-. The van der Waals surface area contributed by atoms with Crippen molar-refractivity contribution in [3.05, 3.63) is 71.8 Å². The number of hydrogen-bond donors (Lipinski definition) is 1. The maximum absolute atomic E-state index is 5.87. The molecule has 0 aliphatic carbocycles. The minimum Gasteiger partial charge on any atom is -0.497 e. The van der Waals surface area contributed by atoms with Crippen LogP contribution in [0.1, 0.15) is 17.5 Å². The summed E-state index contributed by atoms with van der Waals surface area (Å²) in [6.45, 7) is 0. The first-order valence-corrected chi connectivity index (χ1v) is 6.61. The summed E-state index contributed by atoms with van der Waals surface area (Å²) in [5, 5.41) is 0. The fourth-order valence-corrected chi connectivity index (χ4v) is 1.86. The maximum atomic E-state index is 5.87. The van der Waals surface area contributed by atoms with Crippen LogP contribution in [0.3, 0.4) is 0 Å². The van der Waals surface area contributed by atoms with Crippen molar-refractivity contribution in [1.29, 1.82) is 0 Å². The molecule has 0 aliphatic heterocycles. The molecule has 0 unspecified atom stereocenters. The van der Waals surface area contributed by atoms with Gasteiger partial charge in [0.05, 0.1) is 7.11 Å². The summed E-state index contributed by atoms with van der Waals surface area (Å²) in [6.07, 6.45) is 9.25. The van der Waals surface area contributed by atoms with Gasteiger partial charge in [0, 0.05) is 5.69 Å². The lowest BCUT2D eigenvalue weighted by atomic mass is 10.1. The van der Waals surface area contributed by atoms with Crippen molar-refractivity contribution in [2.24, 2.45) is 0 Å². The highest BCUT2D eigenvalue weighted by Gasteiger charge is 1.91. The number of nitrogen functional groups attached to an aromatic ring is 1. The summed E-state index contributed by atoms with van der Waals surface area (Å²) in [7, 11) is 1.67. The minimum atomic E-state index is 0.808. The predicted octanol–water partition coefficient (Wildman–Crippen LogP) is 4.39. The van der Waals surface area contributed by atoms with Gasteiger partial charge in [-0.3, -0.25) is 0 Å². The van der Waals surface area contributed by atoms with Crippen LogP contribution in [-0.2, 0) is 0 Å². The van der Waals surface area contributed by atoms with Crippen LogP contribution in [0.5, 0.6) is 5.75 Å². The quantitative estimate of drug-likeness (QED) is 0.813. The van der Waals surface area contributed by atoms with Crippen LogP contribution in [0.25, 0.3) is 12.2 Å². The first-order valence-electron chi connectivity index (χ1n) is 6.61. The number of benzene rings is 2. The van der Waals surface area contributed by atoms with Crippen LogP contribution in [0.4, 0.5) is 5.69 Å². The molecular weight excluding hydrogens is 246 g/mol. The molecule has 0 heterocycles. The molecule has 102 valence electrons. The third-order valence-corrected chi connectivity index (χ3v) is 2.99. The second kappa shape index (κ2) is 7.19. The highest BCUT2D eigenvalue weighted by Crippen LogP contribution is 2.14. The fourth-order valence-electron chi connectivity index (χ4n) is 1.86. The first kappa shape index (κ1) is 13.9. The molecule has 2 aromatic carbocycles. The van der Waals surface area contributed by atoms with E-state index < -0.39 is 0 Å². The van der Waals surface area contributed by atoms with Gasteiger partial charge < -0.3 is 10.5 Å². The van der Waals surface area contributed by atoms with Gasteiger partial charge in [0.1, 0.15) is 5.75 Å². The van der Waals surface area contributed by atoms with E-state index in [0.717, 1.165) is 23.4 Å². The number of allylic oxidation sites excluding steroid dienone is 2. The van der Waals surface area contributed by atoms with E-state index in [2.05, 4.69) is 18.2 Å². The molecule has 20 heavy (non-hydrogen) atoms. The molecule has 2 rings (SSSR count). The van der Waals surface area contributed by atoms with Gasteiger partial charge in [-0.1, -0.05) is 54.6 Å². The maximum Gasteiger partial charge on any atom is 0.118 e. The number of nitrogens with two attached hydrogens (primary N) is 1. The number of ether oxygens (including phenoxy) is 1. The van der Waals surface area contributed by atoms with E-state index in [9.17, 15) is 0 Å². The molecule has 0 amide bonds. The third-order valence-electron chi connectivity index (χ3n) is 2.99. The molecule has 2 nitrogen and oxygen atoms in total. The lowest BCUT2D eigenvalue weighted by Gasteiger charge is -1.99. The van der Waals surface area contributed by atoms with Gasteiger partial charge in [-0.15, -0.1) is 0 Å². The second-order valence-corrected chi connectivity index (χ2v) is 4.44. The second-order valence-electron chi connectivity index (χ2n) is 4.44. The van der Waals surface area contributed by atoms with Gasteiger partial charge in [-0.25, -0.2) is 0 Å². The van der Waals surface area contributed by atoms with Gasteiger partial charge in [0.15, 0.2) is 0 Å². The lowest BCUT2D eigenvalue weighted by molar-refractivity contribution is 0.415. The van der Waals surface area contributed by atoms with Crippen molar-refractivity contribution >= 4 is 17.8 Å². The Kier molecular flexibility index (Phi) is 5.01. The van der Waals surface area contributed by atoms with Crippen LogP contribution >= 0.6 is 0 Å². The molecule has 0 fully saturated rings. The molecule has 0 saturated heterocycles. The van der Waals surface area contributed by atoms with E-state index in [0.29, 0.717) is 0 Å². The molecule has 0 aliphatic rings. The number of methoxy groups -OCH3 is 1. The number of rotatable bonds is 5. The Hall–Kier alpha value is -2.48. The summed E-state index contributed by atoms with van der Waals surface area (Å²) in [5.74, 6) is 0.876. The predicted molar refractivity (Wildman–Crippen MR) is 86.5 cm³/mol. The summed E-state index contributed by atoms with van der Waals surface area (Å²) in [4.78, 5) is 0. The van der Waals surface area contributed by atoms with Crippen LogP contribution in [-0.4, -0.2) is 7.11 Å². The molecule has 2 N–H and O–H groups in total. The lowest BCUT2D eigenvalue weighted by Crippen LogP contribution is -1.86. The molecule has 2 aromatic rings. The van der Waals surface area contributed by atoms with Gasteiger partial charge >= 0.3 is 0 Å². The van der Waals surface area contributed by atoms with Crippen molar-refractivity contribution in [2.45, 2.75) is 6.42 Å². The molecule has 0 saturated carbocycles. The molecule has 0 atom stereocenters. The van der Waals surface area contributed by atoms with Gasteiger partial charge in [0.25, 0.3) is 0 Å². The van der Waals surface area contributed by atoms with E-state index in [1.807, 2.05) is 54.6 Å². The molecule has 0 spiro atoms. The Morgan fingerprint density at radius 3 is 2.35 bits per heavy atom. The summed E-state index contributed by atoms with van der Waals surface area (Å²) in [6, 6.07) is 15.8. The van der Waals surface area contributed by atoms with Gasteiger partial charge in [-0.05, 0) is 35.7 Å². The van der Waals surface area contributed by atoms with E-state index in [1.165, 1.54) is 5.56 Å². The van der Waals surface area contributed by atoms with Crippen molar-refractivity contribution < 1.29 is 4.74 Å². The zero-order valence-corrected chi connectivity index (χ0v) is 11.6. The van der Waals surface area contributed by atoms with Crippen molar-refractivity contribution in [3.63, 3.8) is 0 Å². The Labute approximate surface area is 120 Å². The summed E-state index contributed by atoms with van der Waals surface area (Å²) >= 11 is 0. The summed E-state index contributed by atoms with van der Waals surface area (Å²) in [5.41, 5.74) is 8.91. The smallest absolute Gasteiger partial charge is 0.118 e. The van der Waals surface area contributed by atoms with Crippen LogP contribution in [0.15, 0.2) is 60.7 Å². The minimum absolute atomic E-state index is 0.808. The molecular formula is C18H19NO. The highest BCUT2D eigenvalue weighted by atomic mass is 16.5. The van der Waals surface area contributed by atoms with Crippen LogP contribution in [0.2, 0.25) is 0 Å². The topological polar surface area (TPSA) is 35.2 Å². The van der Waals surface area contributed by atoms with Crippen molar-refractivity contribution in [1.82, 2.24) is 0 Å². The molecule has 2 heteroatoms. The normalized spacial score (nSPS) is 11.2. The number of hydrogen-bond acceptors (Lipinski definition) is 2. The SMILES string of the molecule is COc1ccc(/C=C/C/C=C\c2ccccc2N)cc1. The largest absolute Gasteiger partial charge is 0.497 e. The van der Waals surface area contributed by atoms with Gasteiger partial charge in [0.2, 0.25) is 0 Å². The molecule has 0 aromatic heterocycles. The molecule has 0 bridgehead atoms. The van der Waals surface area contributed by atoms with Crippen LogP contribution < -0.4 is 10.5 Å². The highest BCUT2D eigenvalue weighted by molar-refractivity contribution is 5.64. The van der Waals surface area contributed by atoms with Crippen molar-refractivity contribution in [2.75, 3.05) is 12.8 Å². The monoisotopic (exact) mass is 265 g/mol. The Balaban J connectivity index is 1.88. The van der Waals surface area contributed by atoms with E-state index >= 15 is 0 Å². The Bertz CT molecular complexity index is 597. The Morgan fingerprint density at radius 1 is 0.950 bits per heavy atom. The van der Waals surface area contributed by atoms with E-state index in [-0.39, 0.29) is 0 Å². The van der Waals surface area contributed by atoms with E-state index in [4.69, 9.17) is 10.5 Å². The van der Waals surface area contributed by atoms with Crippen LogP contribution in [0, 0.1) is 0 Å². The fraction of sp³-hybridized carbons (Fsp3) is 0.111. The molecule has 0 radical (unpaired) electrons. The van der Waals surface area contributed by atoms with Gasteiger partial charge in [-0.2, -0.15) is 0 Å². The first-order chi connectivity index (χ1) is 9.79. The van der Waals surface area contributed by atoms with Crippen molar-refractivity contribution in [3.8, 4) is 5.75 Å². The number of para-hydroxylation sites is 1. The third kappa shape index (κ3) is 4.02. The zero-order chi connectivity index (χ0) is 14.2. The average molecular weight is 265 g/mol. The van der Waals surface area contributed by atoms with E-state index in [1.54, 1.807) is 7.11 Å². The Morgan fingerprint density at radius 2 is 1.65 bits per heavy atom. The average Bonchev–Trinajstić information content (AvgIpc) is 2.49. The summed E-state index contributed by atoms with van der Waals surface area (Å²) < 4.78 is 5.13. The number of anilines is 1. The zero-order valence-electron chi connectivity index (χ0n) is 11.6.